The number of H-pyrrole nitrogens is 1. The van der Waals surface area contributed by atoms with Crippen LogP contribution in [-0.2, 0) is 6.54 Å². The average molecular weight is 508 g/mol. The molecule has 0 unspecified atom stereocenters. The summed E-state index contributed by atoms with van der Waals surface area (Å²) in [5.74, 6) is -0.292. The number of carbonyl (C=O) groups is 1. The van der Waals surface area contributed by atoms with Gasteiger partial charge in [-0.25, -0.2) is 9.37 Å². The zero-order chi connectivity index (χ0) is 26.2. The topological polar surface area (TPSA) is 123 Å². The molecule has 0 radical (unpaired) electrons. The fraction of sp³-hybridized carbons (Fsp3) is 0.0714. The molecule has 0 aliphatic rings. The zero-order valence-corrected chi connectivity index (χ0v) is 20.3. The molecule has 0 aliphatic carbocycles. The van der Waals surface area contributed by atoms with E-state index in [9.17, 15) is 9.18 Å². The van der Waals surface area contributed by atoms with Crippen LogP contribution in [0.4, 0.5) is 10.2 Å². The first kappa shape index (κ1) is 23.2. The van der Waals surface area contributed by atoms with Gasteiger partial charge in [0.25, 0.3) is 5.91 Å². The summed E-state index contributed by atoms with van der Waals surface area (Å²) in [6, 6.07) is 17.2. The predicted molar refractivity (Wildman–Crippen MR) is 142 cm³/mol. The Morgan fingerprint density at radius 2 is 2.00 bits per heavy atom. The molecule has 0 saturated heterocycles. The molecule has 0 aliphatic heterocycles. The molecule has 38 heavy (non-hydrogen) atoms. The molecule has 6 rings (SSSR count). The fourth-order valence-corrected chi connectivity index (χ4v) is 4.44. The number of fused-ring (bicyclic) bond motifs is 2. The van der Waals surface area contributed by atoms with Crippen molar-refractivity contribution in [3.63, 3.8) is 0 Å². The Bertz CT molecular complexity index is 1780. The average Bonchev–Trinajstić information content (AvgIpc) is 3.55. The van der Waals surface area contributed by atoms with Crippen LogP contribution in [0.2, 0.25) is 0 Å². The molecule has 0 spiro atoms. The third kappa shape index (κ3) is 4.07. The maximum absolute atomic E-state index is 13.6. The molecule has 0 bridgehead atoms. The Morgan fingerprint density at radius 3 is 2.79 bits per heavy atom. The smallest absolute Gasteiger partial charge is 0.255 e. The van der Waals surface area contributed by atoms with E-state index < -0.39 is 11.7 Å². The van der Waals surface area contributed by atoms with Crippen LogP contribution in [0.3, 0.4) is 0 Å². The number of imidazole rings is 1. The van der Waals surface area contributed by atoms with Crippen LogP contribution in [0.15, 0.2) is 79.3 Å². The molecule has 188 valence electrons. The van der Waals surface area contributed by atoms with Crippen molar-refractivity contribution in [2.45, 2.75) is 6.54 Å². The number of hydrogen-bond donors (Lipinski definition) is 3. The number of benzene rings is 2. The van der Waals surface area contributed by atoms with Gasteiger partial charge in [-0.1, -0.05) is 30.3 Å². The van der Waals surface area contributed by atoms with Crippen molar-refractivity contribution < 1.29 is 13.9 Å². The van der Waals surface area contributed by atoms with Gasteiger partial charge < -0.3 is 20.2 Å². The Balaban J connectivity index is 1.27. The third-order valence-corrected chi connectivity index (χ3v) is 6.35. The monoisotopic (exact) mass is 507 g/mol. The van der Waals surface area contributed by atoms with Crippen LogP contribution in [0.25, 0.3) is 39.1 Å². The first-order valence-corrected chi connectivity index (χ1v) is 11.8. The quantitative estimate of drug-likeness (QED) is 0.303. The second kappa shape index (κ2) is 9.32. The van der Waals surface area contributed by atoms with Crippen LogP contribution < -0.4 is 15.8 Å². The van der Waals surface area contributed by atoms with Crippen LogP contribution in [0.1, 0.15) is 15.9 Å². The van der Waals surface area contributed by atoms with Crippen molar-refractivity contribution in [1.29, 1.82) is 0 Å². The molecule has 4 heterocycles. The summed E-state index contributed by atoms with van der Waals surface area (Å²) in [5, 5.41) is 10.8. The van der Waals surface area contributed by atoms with Gasteiger partial charge in [0.2, 0.25) is 0 Å². The van der Waals surface area contributed by atoms with Gasteiger partial charge in [-0.3, -0.25) is 14.9 Å². The predicted octanol–water partition coefficient (Wildman–Crippen LogP) is 4.60. The molecule has 9 nitrogen and oxygen atoms in total. The highest BCUT2D eigenvalue weighted by Crippen LogP contribution is 2.35. The summed E-state index contributed by atoms with van der Waals surface area (Å²) < 4.78 is 20.7. The third-order valence-electron chi connectivity index (χ3n) is 6.35. The number of amides is 1. The summed E-state index contributed by atoms with van der Waals surface area (Å²) in [7, 11) is 1.43. The summed E-state index contributed by atoms with van der Waals surface area (Å²) in [6.45, 7) is 0.252. The lowest BCUT2D eigenvalue weighted by atomic mass is 10.0. The van der Waals surface area contributed by atoms with Crippen LogP contribution in [0.5, 0.6) is 5.75 Å². The molecule has 0 fully saturated rings. The van der Waals surface area contributed by atoms with E-state index in [-0.39, 0.29) is 12.1 Å². The Morgan fingerprint density at radius 1 is 1.16 bits per heavy atom. The highest BCUT2D eigenvalue weighted by Gasteiger charge is 2.18. The van der Waals surface area contributed by atoms with Gasteiger partial charge >= 0.3 is 0 Å². The lowest BCUT2D eigenvalue weighted by Gasteiger charge is -2.10. The minimum atomic E-state index is -0.509. The largest absolute Gasteiger partial charge is 0.496 e. The van der Waals surface area contributed by atoms with Gasteiger partial charge in [0.15, 0.2) is 5.82 Å². The summed E-state index contributed by atoms with van der Waals surface area (Å²) in [6.07, 6.45) is 5.63. The maximum atomic E-state index is 13.6. The first-order valence-electron chi connectivity index (χ1n) is 11.8. The van der Waals surface area contributed by atoms with Gasteiger partial charge in [-0.2, -0.15) is 5.10 Å². The van der Waals surface area contributed by atoms with Gasteiger partial charge in [0, 0.05) is 36.3 Å². The number of ether oxygens (including phenoxy) is 1. The van der Waals surface area contributed by atoms with E-state index in [1.54, 1.807) is 6.20 Å². The standard InChI is InChI=1S/C28H22FN7O2/c1-38-22-10-9-18(29)12-19(22)28(37)32-13-16-5-7-17(8-6-16)25-24-26(34-35-27(24)30)20(14-31-25)21-15-36-11-3-2-4-23(36)33-21/h2-12,14-15H,13H2,1H3,(H,32,37)(H3,30,34,35). The van der Waals surface area contributed by atoms with E-state index in [2.05, 4.69) is 15.5 Å². The van der Waals surface area contributed by atoms with Crippen molar-refractivity contribution in [1.82, 2.24) is 29.9 Å². The molecule has 0 saturated carbocycles. The summed E-state index contributed by atoms with van der Waals surface area (Å²) in [5.41, 5.74) is 11.9. The Labute approximate surface area is 216 Å². The minimum Gasteiger partial charge on any atom is -0.496 e. The SMILES string of the molecule is COc1ccc(F)cc1C(=O)NCc1ccc(-c2ncc(-c3cn4ccccc4n3)c3[nH]nc(N)c23)cc1. The fourth-order valence-electron chi connectivity index (χ4n) is 4.44. The molecule has 2 aromatic carbocycles. The maximum Gasteiger partial charge on any atom is 0.255 e. The van der Waals surface area contributed by atoms with E-state index in [1.165, 1.54) is 19.2 Å². The highest BCUT2D eigenvalue weighted by molar-refractivity contribution is 6.05. The second-order valence-corrected chi connectivity index (χ2v) is 8.70. The van der Waals surface area contributed by atoms with Crippen molar-refractivity contribution in [2.24, 2.45) is 0 Å². The zero-order valence-electron chi connectivity index (χ0n) is 20.3. The number of aromatic amines is 1. The number of hydrogen-bond acceptors (Lipinski definition) is 6. The number of aromatic nitrogens is 5. The number of halogens is 1. The van der Waals surface area contributed by atoms with Gasteiger partial charge in [0.05, 0.1) is 35.0 Å². The number of nitrogens with one attached hydrogen (secondary N) is 2. The van der Waals surface area contributed by atoms with E-state index in [0.29, 0.717) is 22.6 Å². The molecular weight excluding hydrogens is 485 g/mol. The summed E-state index contributed by atoms with van der Waals surface area (Å²) in [4.78, 5) is 22.0. The Hall–Kier alpha value is -5.25. The van der Waals surface area contributed by atoms with Crippen molar-refractivity contribution in [3.8, 4) is 28.3 Å². The van der Waals surface area contributed by atoms with Crippen LogP contribution in [-0.4, -0.2) is 37.6 Å². The van der Waals surface area contributed by atoms with E-state index in [4.69, 9.17) is 20.4 Å². The number of rotatable bonds is 6. The van der Waals surface area contributed by atoms with Crippen LogP contribution >= 0.6 is 0 Å². The Kier molecular flexibility index (Phi) is 5.68. The van der Waals surface area contributed by atoms with E-state index in [0.717, 1.165) is 39.6 Å². The molecular formula is C28H22FN7O2. The number of carbonyl (C=O) groups excluding carboxylic acids is 1. The van der Waals surface area contributed by atoms with E-state index in [1.807, 2.05) is 59.3 Å². The van der Waals surface area contributed by atoms with Crippen molar-refractivity contribution in [3.05, 3.63) is 96.2 Å². The highest BCUT2D eigenvalue weighted by atomic mass is 19.1. The summed E-state index contributed by atoms with van der Waals surface area (Å²) >= 11 is 0. The van der Waals surface area contributed by atoms with Crippen molar-refractivity contribution >= 4 is 28.3 Å². The number of methoxy groups -OCH3 is 1. The normalized spacial score (nSPS) is 11.2. The molecule has 4 aromatic heterocycles. The second-order valence-electron chi connectivity index (χ2n) is 8.70. The van der Waals surface area contributed by atoms with Crippen LogP contribution in [0, 0.1) is 5.82 Å². The van der Waals surface area contributed by atoms with Crippen molar-refractivity contribution in [2.75, 3.05) is 12.8 Å². The lowest BCUT2D eigenvalue weighted by Crippen LogP contribution is -2.23. The molecule has 1 amide bonds. The minimum absolute atomic E-state index is 0.136. The van der Waals surface area contributed by atoms with Gasteiger partial charge in [-0.15, -0.1) is 0 Å². The number of anilines is 1. The van der Waals surface area contributed by atoms with Gasteiger partial charge in [-0.05, 0) is 35.9 Å². The van der Waals surface area contributed by atoms with E-state index >= 15 is 0 Å². The molecule has 4 N–H and O–H groups in total. The number of nitrogens with zero attached hydrogens (tertiary/aromatic N) is 4. The number of nitrogen functional groups attached to an aromatic ring is 1. The molecule has 6 aromatic rings. The first-order chi connectivity index (χ1) is 18.5. The lowest BCUT2D eigenvalue weighted by molar-refractivity contribution is 0.0947. The molecule has 10 heteroatoms. The van der Waals surface area contributed by atoms with Gasteiger partial charge in [0.1, 0.15) is 17.2 Å². The number of pyridine rings is 2. The number of nitrogens with two attached hydrogens (primary N) is 1. The molecule has 0 atom stereocenters.